The second-order valence-corrected chi connectivity index (χ2v) is 7.60. The summed E-state index contributed by atoms with van der Waals surface area (Å²) < 4.78 is 40.7. The number of carbonyl (C=O) groups excluding carboxylic acids is 1. The number of H-pyrrole nitrogens is 1. The van der Waals surface area contributed by atoms with Crippen LogP contribution in [0.25, 0.3) is 22.4 Å². The smallest absolute Gasteiger partial charge is 0.406 e. The van der Waals surface area contributed by atoms with Gasteiger partial charge in [0.1, 0.15) is 5.75 Å². The second kappa shape index (κ2) is 12.1. The highest BCUT2D eigenvalue weighted by atomic mass is 32.1. The maximum Gasteiger partial charge on any atom is 0.573 e. The zero-order valence-corrected chi connectivity index (χ0v) is 19.8. The number of nitrogens with two attached hydrogens (primary N) is 2. The number of nitrogen functional groups attached to an aromatic ring is 1. The van der Waals surface area contributed by atoms with Gasteiger partial charge >= 0.3 is 6.36 Å². The molecule has 4 rings (SSSR count). The van der Waals surface area contributed by atoms with Crippen molar-refractivity contribution in [1.82, 2.24) is 15.3 Å². The number of amides is 1. The van der Waals surface area contributed by atoms with E-state index in [1.807, 2.05) is 48.5 Å². The zero-order chi connectivity index (χ0) is 26.1. The summed E-state index contributed by atoms with van der Waals surface area (Å²) in [6, 6.07) is 20.6. The lowest BCUT2D eigenvalue weighted by atomic mass is 10.0. The molecule has 36 heavy (non-hydrogen) atoms. The molecule has 0 fully saturated rings. The van der Waals surface area contributed by atoms with Crippen LogP contribution in [0, 0.1) is 0 Å². The lowest BCUT2D eigenvalue weighted by molar-refractivity contribution is -0.274. The number of anilines is 1. The fraction of sp³-hybridized carbons (Fsp3) is 0.120. The van der Waals surface area contributed by atoms with Crippen LogP contribution in [-0.2, 0) is 17.8 Å². The van der Waals surface area contributed by atoms with Crippen molar-refractivity contribution in [2.45, 2.75) is 19.3 Å². The number of imidazole rings is 1. The third-order valence-corrected chi connectivity index (χ3v) is 5.09. The number of halogens is 3. The summed E-state index contributed by atoms with van der Waals surface area (Å²) in [6.45, 7) is 0.397. The molecule has 0 aliphatic rings. The van der Waals surface area contributed by atoms with Crippen molar-refractivity contribution in [2.75, 3.05) is 5.73 Å². The molecular weight excluding hydrogens is 491 g/mol. The topological polar surface area (TPSA) is 119 Å². The number of nitrogens with one attached hydrogen (secondary N) is 2. The fourth-order valence-corrected chi connectivity index (χ4v) is 3.40. The first-order valence-corrected chi connectivity index (χ1v) is 11.1. The Kier molecular flexibility index (Phi) is 8.98. The Hall–Kier alpha value is -3.96. The predicted molar refractivity (Wildman–Crippen MR) is 136 cm³/mol. The molecule has 1 aromatic heterocycles. The highest BCUT2D eigenvalue weighted by molar-refractivity contribution is 7.77. The third kappa shape index (κ3) is 7.79. The number of nitrogens with zero attached hydrogens (tertiary/aromatic N) is 1. The molecule has 0 atom stereocenters. The number of carbonyl (C=O) groups is 1. The molecule has 6 N–H and O–H groups in total. The third-order valence-electron chi connectivity index (χ3n) is 5.09. The molecule has 188 valence electrons. The van der Waals surface area contributed by atoms with E-state index in [1.54, 1.807) is 18.3 Å². The molecule has 1 amide bonds. The van der Waals surface area contributed by atoms with Crippen LogP contribution in [0.5, 0.6) is 5.75 Å². The van der Waals surface area contributed by atoms with Crippen LogP contribution in [-0.4, -0.2) is 22.2 Å². The molecule has 0 aliphatic carbocycles. The van der Waals surface area contributed by atoms with Gasteiger partial charge in [-0.15, -0.1) is 26.0 Å². The monoisotopic (exact) mass is 515 g/mol. The average Bonchev–Trinajstić information content (AvgIpc) is 3.31. The summed E-state index contributed by atoms with van der Waals surface area (Å²) >= 11 is 3.03. The van der Waals surface area contributed by atoms with Crippen LogP contribution < -0.4 is 20.9 Å². The van der Waals surface area contributed by atoms with E-state index in [2.05, 4.69) is 38.0 Å². The molecule has 11 heteroatoms. The van der Waals surface area contributed by atoms with Crippen LogP contribution >= 0.6 is 12.8 Å². The van der Waals surface area contributed by atoms with Crippen LogP contribution in [0.3, 0.4) is 0 Å². The summed E-state index contributed by atoms with van der Waals surface area (Å²) in [4.78, 5) is 19.3. The van der Waals surface area contributed by atoms with E-state index in [9.17, 15) is 18.0 Å². The second-order valence-electron chi connectivity index (χ2n) is 7.60. The number of benzene rings is 3. The van der Waals surface area contributed by atoms with Gasteiger partial charge in [-0.05, 0) is 39.9 Å². The van der Waals surface area contributed by atoms with Gasteiger partial charge in [0.25, 0.3) is 0 Å². The van der Waals surface area contributed by atoms with Gasteiger partial charge in [-0.2, -0.15) is 0 Å². The van der Waals surface area contributed by atoms with Crippen LogP contribution in [0.1, 0.15) is 11.1 Å². The number of alkyl halides is 3. The van der Waals surface area contributed by atoms with Crippen LogP contribution in [0.2, 0.25) is 0 Å². The van der Waals surface area contributed by atoms with Gasteiger partial charge in [0.05, 0.1) is 18.3 Å². The summed E-state index contributed by atoms with van der Waals surface area (Å²) in [6.07, 6.45) is -2.85. The number of ether oxygens (including phenoxy) is 1. The Labute approximate surface area is 211 Å². The number of aromatic amines is 1. The standard InChI is InChI=1S/C25H21F3N4O2.H3NS/c26-25(27,28)34-21-11-9-19(10-12-21)18-5-1-16(2-6-18)13-23(33)30-14-17-3-7-20(8-4-17)22-15-31-24(29)32-22;1-2/h1-12,15H,13-14H2,(H,30,33)(H3,29,31,32);2H,1H2. The lowest BCUT2D eigenvalue weighted by Crippen LogP contribution is -2.24. The van der Waals surface area contributed by atoms with E-state index >= 15 is 0 Å². The number of hydrogen-bond acceptors (Lipinski definition) is 6. The van der Waals surface area contributed by atoms with Crippen molar-refractivity contribution in [3.63, 3.8) is 0 Å². The Morgan fingerprint density at radius 3 is 1.94 bits per heavy atom. The summed E-state index contributed by atoms with van der Waals surface area (Å²) in [5.41, 5.74) is 10.7. The van der Waals surface area contributed by atoms with Gasteiger partial charge in [0.2, 0.25) is 5.91 Å². The van der Waals surface area contributed by atoms with E-state index in [0.717, 1.165) is 33.5 Å². The first-order valence-electron chi connectivity index (χ1n) is 10.6. The van der Waals surface area contributed by atoms with Crippen molar-refractivity contribution in [2.24, 2.45) is 5.14 Å². The molecule has 1 heterocycles. The van der Waals surface area contributed by atoms with E-state index in [1.165, 1.54) is 12.1 Å². The molecule has 0 unspecified atom stereocenters. The van der Waals surface area contributed by atoms with Crippen LogP contribution in [0.4, 0.5) is 19.1 Å². The minimum absolute atomic E-state index is 0.119. The molecule has 0 aliphatic heterocycles. The first-order chi connectivity index (χ1) is 17.2. The first kappa shape index (κ1) is 26.6. The molecule has 0 bridgehead atoms. The number of aromatic nitrogens is 2. The fourth-order valence-electron chi connectivity index (χ4n) is 3.40. The molecule has 7 nitrogen and oxygen atoms in total. The summed E-state index contributed by atoms with van der Waals surface area (Å²) in [7, 11) is 0. The van der Waals surface area contributed by atoms with Gasteiger partial charge in [-0.3, -0.25) is 9.93 Å². The molecule has 0 radical (unpaired) electrons. The molecule has 3 aromatic carbocycles. The van der Waals surface area contributed by atoms with E-state index in [-0.39, 0.29) is 18.1 Å². The lowest BCUT2D eigenvalue weighted by Gasteiger charge is -2.10. The molecule has 4 aromatic rings. The number of rotatable bonds is 7. The SMILES string of the molecule is NS.Nc1ncc(-c2ccc(CNC(=O)Cc3ccc(-c4ccc(OC(F)(F)F)cc4)cc3)cc2)[nH]1. The van der Waals surface area contributed by atoms with Crippen molar-refractivity contribution >= 4 is 24.7 Å². The van der Waals surface area contributed by atoms with Gasteiger partial charge < -0.3 is 20.8 Å². The Morgan fingerprint density at radius 2 is 1.42 bits per heavy atom. The predicted octanol–water partition coefficient (Wildman–Crippen LogP) is 4.87. The highest BCUT2D eigenvalue weighted by Gasteiger charge is 2.30. The Balaban J connectivity index is 0.00000176. The molecule has 0 spiro atoms. The van der Waals surface area contributed by atoms with Crippen molar-refractivity contribution in [3.05, 3.63) is 90.1 Å². The van der Waals surface area contributed by atoms with Gasteiger partial charge in [-0.1, -0.05) is 60.7 Å². The summed E-state index contributed by atoms with van der Waals surface area (Å²) in [5.74, 6) is -0.0372. The minimum atomic E-state index is -4.72. The van der Waals surface area contributed by atoms with Gasteiger partial charge in [0, 0.05) is 6.54 Å². The van der Waals surface area contributed by atoms with E-state index in [4.69, 9.17) is 5.73 Å². The zero-order valence-electron chi connectivity index (χ0n) is 18.9. The normalized spacial score (nSPS) is 10.8. The van der Waals surface area contributed by atoms with E-state index < -0.39 is 6.36 Å². The maximum atomic E-state index is 12.3. The summed E-state index contributed by atoms with van der Waals surface area (Å²) in [5, 5.41) is 7.09. The largest absolute Gasteiger partial charge is 0.573 e. The van der Waals surface area contributed by atoms with Gasteiger partial charge in [0.15, 0.2) is 5.95 Å². The highest BCUT2D eigenvalue weighted by Crippen LogP contribution is 2.26. The van der Waals surface area contributed by atoms with Crippen molar-refractivity contribution < 1.29 is 22.7 Å². The molecule has 0 saturated carbocycles. The molecule has 0 saturated heterocycles. The quantitative estimate of drug-likeness (QED) is 0.225. The van der Waals surface area contributed by atoms with E-state index in [0.29, 0.717) is 12.5 Å². The number of thiol groups is 1. The maximum absolute atomic E-state index is 12.3. The van der Waals surface area contributed by atoms with Gasteiger partial charge in [-0.25, -0.2) is 4.98 Å². The average molecular weight is 516 g/mol. The van der Waals surface area contributed by atoms with Crippen molar-refractivity contribution in [1.29, 1.82) is 0 Å². The molecular formula is C25H24F3N5O2S. The minimum Gasteiger partial charge on any atom is -0.406 e. The van der Waals surface area contributed by atoms with Crippen LogP contribution in [0.15, 0.2) is 79.0 Å². The Morgan fingerprint density at radius 1 is 0.889 bits per heavy atom. The number of hydrogen-bond donors (Lipinski definition) is 5. The van der Waals surface area contributed by atoms with Crippen molar-refractivity contribution in [3.8, 4) is 28.1 Å². The Bertz CT molecular complexity index is 1260.